The molecule has 3 heterocycles. The number of thiophene rings is 1. The second-order valence-electron chi connectivity index (χ2n) is 8.46. The summed E-state index contributed by atoms with van der Waals surface area (Å²) in [5.41, 5.74) is 2.29. The number of fused-ring (bicyclic) bond motifs is 1. The van der Waals surface area contributed by atoms with Gasteiger partial charge in [0.2, 0.25) is 5.91 Å². The molecule has 7 nitrogen and oxygen atoms in total. The van der Waals surface area contributed by atoms with E-state index in [4.69, 9.17) is 9.47 Å². The van der Waals surface area contributed by atoms with Crippen LogP contribution in [0.5, 0.6) is 11.5 Å². The van der Waals surface area contributed by atoms with Crippen LogP contribution in [0.15, 0.2) is 24.5 Å². The number of amides is 1. The van der Waals surface area contributed by atoms with Crippen molar-refractivity contribution >= 4 is 33.3 Å². The highest BCUT2D eigenvalue weighted by Crippen LogP contribution is 2.36. The maximum Gasteiger partial charge on any atom is 0.226 e. The SMILES string of the molecule is CCN(Cc1ccc(OC)c(OC)c1)C(=O)C1CCN(c2ncnc3sc(C)c(C)c23)CC1. The van der Waals surface area contributed by atoms with E-state index in [0.29, 0.717) is 24.6 Å². The first-order chi connectivity index (χ1) is 16.0. The van der Waals surface area contributed by atoms with Crippen molar-refractivity contribution in [1.29, 1.82) is 0 Å². The van der Waals surface area contributed by atoms with Crippen LogP contribution in [0.2, 0.25) is 0 Å². The zero-order chi connectivity index (χ0) is 23.5. The summed E-state index contributed by atoms with van der Waals surface area (Å²) in [6.07, 6.45) is 3.32. The van der Waals surface area contributed by atoms with E-state index in [1.165, 1.54) is 10.4 Å². The Morgan fingerprint density at radius 2 is 1.88 bits per heavy atom. The largest absolute Gasteiger partial charge is 0.493 e. The maximum absolute atomic E-state index is 13.4. The normalized spacial score (nSPS) is 14.5. The number of carbonyl (C=O) groups is 1. The second-order valence-corrected chi connectivity index (χ2v) is 9.67. The van der Waals surface area contributed by atoms with Crippen LogP contribution in [0.1, 0.15) is 35.8 Å². The summed E-state index contributed by atoms with van der Waals surface area (Å²) < 4.78 is 10.7. The number of aromatic nitrogens is 2. The molecule has 4 rings (SSSR count). The summed E-state index contributed by atoms with van der Waals surface area (Å²) in [6, 6.07) is 5.83. The number of methoxy groups -OCH3 is 2. The van der Waals surface area contributed by atoms with E-state index in [9.17, 15) is 4.79 Å². The molecule has 1 amide bonds. The number of hydrogen-bond donors (Lipinski definition) is 0. The quantitative estimate of drug-likeness (QED) is 0.505. The lowest BCUT2D eigenvalue weighted by Crippen LogP contribution is -2.42. The van der Waals surface area contributed by atoms with Crippen molar-refractivity contribution in [1.82, 2.24) is 14.9 Å². The summed E-state index contributed by atoms with van der Waals surface area (Å²) in [4.78, 5) is 29.0. The summed E-state index contributed by atoms with van der Waals surface area (Å²) in [7, 11) is 3.25. The average Bonchev–Trinajstić information content (AvgIpc) is 3.15. The molecule has 1 fully saturated rings. The molecule has 0 N–H and O–H groups in total. The molecule has 1 aliphatic rings. The number of nitrogens with zero attached hydrogens (tertiary/aromatic N) is 4. The molecule has 3 aromatic rings. The first kappa shape index (κ1) is 23.3. The highest BCUT2D eigenvalue weighted by Gasteiger charge is 2.30. The minimum atomic E-state index is 0.0315. The van der Waals surface area contributed by atoms with Gasteiger partial charge >= 0.3 is 0 Å². The fraction of sp³-hybridized carbons (Fsp3) is 0.480. The van der Waals surface area contributed by atoms with Gasteiger partial charge in [0.1, 0.15) is 17.0 Å². The molecular weight excluding hydrogens is 436 g/mol. The molecule has 0 radical (unpaired) electrons. The second kappa shape index (κ2) is 9.95. The van der Waals surface area contributed by atoms with Gasteiger partial charge in [-0.25, -0.2) is 9.97 Å². The number of hydrogen-bond acceptors (Lipinski definition) is 7. The van der Waals surface area contributed by atoms with Crippen LogP contribution in [-0.2, 0) is 11.3 Å². The van der Waals surface area contributed by atoms with Gasteiger partial charge < -0.3 is 19.3 Å². The van der Waals surface area contributed by atoms with Crippen molar-refractivity contribution in [3.8, 4) is 11.5 Å². The molecule has 1 aliphatic heterocycles. The van der Waals surface area contributed by atoms with Crippen molar-refractivity contribution in [3.63, 3.8) is 0 Å². The highest BCUT2D eigenvalue weighted by atomic mass is 32.1. The Bertz CT molecular complexity index is 1140. The number of ether oxygens (including phenoxy) is 2. The topological polar surface area (TPSA) is 67.8 Å². The lowest BCUT2D eigenvalue weighted by Gasteiger charge is -2.35. The Balaban J connectivity index is 1.43. The van der Waals surface area contributed by atoms with Gasteiger partial charge in [-0.3, -0.25) is 4.79 Å². The van der Waals surface area contributed by atoms with Gasteiger partial charge in [0.05, 0.1) is 19.6 Å². The van der Waals surface area contributed by atoms with Crippen molar-refractivity contribution < 1.29 is 14.3 Å². The van der Waals surface area contributed by atoms with Crippen LogP contribution in [0.25, 0.3) is 10.2 Å². The fourth-order valence-corrected chi connectivity index (χ4v) is 5.54. The highest BCUT2D eigenvalue weighted by molar-refractivity contribution is 7.18. The van der Waals surface area contributed by atoms with Crippen molar-refractivity contribution in [2.24, 2.45) is 5.92 Å². The number of piperidine rings is 1. The Kier molecular flexibility index (Phi) is 7.02. The molecule has 8 heteroatoms. The van der Waals surface area contributed by atoms with E-state index in [-0.39, 0.29) is 11.8 Å². The van der Waals surface area contributed by atoms with E-state index in [2.05, 4.69) is 28.7 Å². The third-order valence-electron chi connectivity index (χ3n) is 6.60. The Labute approximate surface area is 199 Å². The Hall–Kier alpha value is -2.87. The molecule has 176 valence electrons. The van der Waals surface area contributed by atoms with Gasteiger partial charge in [0, 0.05) is 37.0 Å². The number of benzene rings is 1. The molecular formula is C25H32N4O3S. The maximum atomic E-state index is 13.4. The van der Waals surface area contributed by atoms with Gasteiger partial charge in [0.15, 0.2) is 11.5 Å². The van der Waals surface area contributed by atoms with Crippen LogP contribution in [-0.4, -0.2) is 54.6 Å². The third-order valence-corrected chi connectivity index (χ3v) is 7.72. The minimum Gasteiger partial charge on any atom is -0.493 e. The van der Waals surface area contributed by atoms with Gasteiger partial charge in [-0.2, -0.15) is 0 Å². The number of aryl methyl sites for hydroxylation is 2. The first-order valence-electron chi connectivity index (χ1n) is 11.4. The number of carbonyl (C=O) groups excluding carboxylic acids is 1. The van der Waals surface area contributed by atoms with Crippen molar-refractivity contribution in [2.75, 3.05) is 38.8 Å². The van der Waals surface area contributed by atoms with Gasteiger partial charge in [-0.05, 0) is 56.9 Å². The van der Waals surface area contributed by atoms with Crippen LogP contribution in [0.4, 0.5) is 5.82 Å². The van der Waals surface area contributed by atoms with Crippen LogP contribution in [0, 0.1) is 19.8 Å². The standard InChI is InChI=1S/C25H32N4O3S/c1-6-28(14-18-7-8-20(31-4)21(13-18)32-5)25(30)19-9-11-29(12-10-19)23-22-16(2)17(3)33-24(22)27-15-26-23/h7-8,13,15,19H,6,9-12,14H2,1-5H3. The molecule has 1 aromatic carbocycles. The zero-order valence-electron chi connectivity index (χ0n) is 20.1. The van der Waals surface area contributed by atoms with Crippen LogP contribution >= 0.6 is 11.3 Å². The summed E-state index contributed by atoms with van der Waals surface area (Å²) >= 11 is 1.72. The van der Waals surface area contributed by atoms with E-state index in [1.54, 1.807) is 31.9 Å². The van der Waals surface area contributed by atoms with Crippen LogP contribution in [0.3, 0.4) is 0 Å². The zero-order valence-corrected chi connectivity index (χ0v) is 20.9. The van der Waals surface area contributed by atoms with E-state index >= 15 is 0 Å². The average molecular weight is 469 g/mol. The van der Waals surface area contributed by atoms with E-state index in [0.717, 1.165) is 47.5 Å². The minimum absolute atomic E-state index is 0.0315. The lowest BCUT2D eigenvalue weighted by atomic mass is 9.94. The predicted molar refractivity (Wildman–Crippen MR) is 132 cm³/mol. The van der Waals surface area contributed by atoms with Crippen molar-refractivity contribution in [3.05, 3.63) is 40.5 Å². The molecule has 2 aromatic heterocycles. The Morgan fingerprint density at radius 3 is 2.55 bits per heavy atom. The molecule has 0 saturated carbocycles. The van der Waals surface area contributed by atoms with Gasteiger partial charge in [0.25, 0.3) is 0 Å². The third kappa shape index (κ3) is 4.62. The van der Waals surface area contributed by atoms with Crippen LogP contribution < -0.4 is 14.4 Å². The van der Waals surface area contributed by atoms with Crippen molar-refractivity contribution in [2.45, 2.75) is 40.2 Å². The lowest BCUT2D eigenvalue weighted by molar-refractivity contribution is -0.136. The molecule has 0 spiro atoms. The number of anilines is 1. The Morgan fingerprint density at radius 1 is 1.15 bits per heavy atom. The molecule has 33 heavy (non-hydrogen) atoms. The molecule has 0 aliphatic carbocycles. The van der Waals surface area contributed by atoms with Gasteiger partial charge in [-0.15, -0.1) is 11.3 Å². The first-order valence-corrected chi connectivity index (χ1v) is 12.2. The van der Waals surface area contributed by atoms with E-state index in [1.807, 2.05) is 30.0 Å². The molecule has 0 unspecified atom stereocenters. The fourth-order valence-electron chi connectivity index (χ4n) is 4.54. The van der Waals surface area contributed by atoms with Gasteiger partial charge in [-0.1, -0.05) is 6.07 Å². The predicted octanol–water partition coefficient (Wildman–Crippen LogP) is 4.59. The monoisotopic (exact) mass is 468 g/mol. The number of rotatable bonds is 7. The van der Waals surface area contributed by atoms with E-state index < -0.39 is 0 Å². The smallest absolute Gasteiger partial charge is 0.226 e. The summed E-state index contributed by atoms with van der Waals surface area (Å²) in [6.45, 7) is 9.20. The summed E-state index contributed by atoms with van der Waals surface area (Å²) in [5, 5.41) is 1.16. The molecule has 0 atom stereocenters. The molecule has 1 saturated heterocycles. The molecule has 0 bridgehead atoms. The summed E-state index contributed by atoms with van der Waals surface area (Å²) in [5.74, 6) is 2.64.